The van der Waals surface area contributed by atoms with Crippen LogP contribution in [0.2, 0.25) is 0 Å². The van der Waals surface area contributed by atoms with E-state index in [1.165, 1.54) is 5.01 Å². The molecule has 144 valence electrons. The first kappa shape index (κ1) is 18.7. The van der Waals surface area contributed by atoms with Crippen LogP contribution in [0.15, 0.2) is 102 Å². The standard InChI is InChI=1S/C25H23N3O/c1-27(2)22-15-12-20(13-16-22)24(19-8-4-3-5-9-19)18-23-17-14-21-10-6-7-11-25(21)28(23)26-29/h3-18,24H,1-2H3/b23-18+. The van der Waals surface area contributed by atoms with Crippen molar-refractivity contribution in [3.8, 4) is 0 Å². The Balaban J connectivity index is 1.79. The van der Waals surface area contributed by atoms with E-state index in [1.54, 1.807) is 0 Å². The first-order chi connectivity index (χ1) is 14.2. The molecule has 3 aromatic rings. The maximum atomic E-state index is 11.7. The molecule has 0 saturated heterocycles. The number of nitrogens with zero attached hydrogens (tertiary/aromatic N) is 3. The van der Waals surface area contributed by atoms with Crippen LogP contribution in [0.4, 0.5) is 11.4 Å². The summed E-state index contributed by atoms with van der Waals surface area (Å²) < 4.78 is 0. The summed E-state index contributed by atoms with van der Waals surface area (Å²) in [6.45, 7) is 0. The van der Waals surface area contributed by atoms with E-state index in [-0.39, 0.29) is 5.92 Å². The van der Waals surface area contributed by atoms with E-state index in [0.717, 1.165) is 33.8 Å². The number of nitroso groups, excluding NO2 is 1. The van der Waals surface area contributed by atoms with Crippen molar-refractivity contribution in [3.05, 3.63) is 118 Å². The first-order valence-electron chi connectivity index (χ1n) is 9.62. The van der Waals surface area contributed by atoms with Crippen molar-refractivity contribution in [1.29, 1.82) is 0 Å². The van der Waals surface area contributed by atoms with Crippen LogP contribution in [0, 0.1) is 4.91 Å². The number of fused-ring (bicyclic) bond motifs is 1. The lowest BCUT2D eigenvalue weighted by molar-refractivity contribution is 0.952. The van der Waals surface area contributed by atoms with Crippen molar-refractivity contribution in [2.24, 2.45) is 5.29 Å². The predicted molar refractivity (Wildman–Crippen MR) is 121 cm³/mol. The topological polar surface area (TPSA) is 35.9 Å². The van der Waals surface area contributed by atoms with Gasteiger partial charge in [0.1, 0.15) is 0 Å². The molecule has 4 rings (SSSR count). The first-order valence-corrected chi connectivity index (χ1v) is 9.62. The highest BCUT2D eigenvalue weighted by Gasteiger charge is 2.21. The van der Waals surface area contributed by atoms with Gasteiger partial charge in [-0.3, -0.25) is 0 Å². The van der Waals surface area contributed by atoms with Crippen molar-refractivity contribution >= 4 is 17.5 Å². The molecule has 1 heterocycles. The molecule has 0 bridgehead atoms. The van der Waals surface area contributed by atoms with Gasteiger partial charge in [-0.2, -0.15) is 5.01 Å². The number of rotatable bonds is 5. The fourth-order valence-electron chi connectivity index (χ4n) is 3.62. The van der Waals surface area contributed by atoms with Crippen LogP contribution in [0.3, 0.4) is 0 Å². The van der Waals surface area contributed by atoms with E-state index in [4.69, 9.17) is 0 Å². The fraction of sp³-hybridized carbons (Fsp3) is 0.120. The molecule has 4 nitrogen and oxygen atoms in total. The minimum Gasteiger partial charge on any atom is -0.378 e. The van der Waals surface area contributed by atoms with Gasteiger partial charge in [-0.05, 0) is 41.5 Å². The molecular weight excluding hydrogens is 358 g/mol. The molecule has 0 spiro atoms. The zero-order valence-electron chi connectivity index (χ0n) is 16.6. The SMILES string of the molecule is CN(C)c1ccc(C(/C=C2\C=Cc3ccccc3N2N=O)c2ccccc2)cc1. The molecule has 1 atom stereocenters. The van der Waals surface area contributed by atoms with Gasteiger partial charge in [0, 0.05) is 31.3 Å². The highest BCUT2D eigenvalue weighted by Crippen LogP contribution is 2.35. The molecule has 0 aliphatic carbocycles. The number of hydrogen-bond donors (Lipinski definition) is 0. The molecule has 1 unspecified atom stereocenters. The Morgan fingerprint density at radius 1 is 0.828 bits per heavy atom. The zero-order chi connectivity index (χ0) is 20.2. The van der Waals surface area contributed by atoms with Crippen molar-refractivity contribution in [2.45, 2.75) is 5.92 Å². The summed E-state index contributed by atoms with van der Waals surface area (Å²) in [6.07, 6.45) is 6.09. The van der Waals surface area contributed by atoms with Gasteiger partial charge >= 0.3 is 0 Å². The third-order valence-electron chi connectivity index (χ3n) is 5.19. The van der Waals surface area contributed by atoms with E-state index < -0.39 is 0 Å². The van der Waals surface area contributed by atoms with Crippen molar-refractivity contribution in [2.75, 3.05) is 24.0 Å². The Morgan fingerprint density at radius 2 is 1.48 bits per heavy atom. The number of anilines is 2. The smallest absolute Gasteiger partial charge is 0.0757 e. The number of benzene rings is 3. The molecular formula is C25H23N3O. The van der Waals surface area contributed by atoms with Gasteiger partial charge in [-0.15, -0.1) is 4.91 Å². The molecule has 4 heteroatoms. The summed E-state index contributed by atoms with van der Waals surface area (Å²) in [5.41, 5.74) is 6.02. The molecule has 0 saturated carbocycles. The van der Waals surface area contributed by atoms with Crippen LogP contribution in [0.5, 0.6) is 0 Å². The van der Waals surface area contributed by atoms with E-state index in [0.29, 0.717) is 0 Å². The van der Waals surface area contributed by atoms with Crippen molar-refractivity contribution < 1.29 is 0 Å². The highest BCUT2D eigenvalue weighted by atomic mass is 16.3. The number of hydrogen-bond acceptors (Lipinski definition) is 3. The van der Waals surface area contributed by atoms with Crippen LogP contribution in [-0.2, 0) is 0 Å². The quantitative estimate of drug-likeness (QED) is 0.510. The van der Waals surface area contributed by atoms with E-state index in [9.17, 15) is 4.91 Å². The zero-order valence-corrected chi connectivity index (χ0v) is 16.6. The maximum absolute atomic E-state index is 11.7. The van der Waals surface area contributed by atoms with Crippen LogP contribution < -0.4 is 9.91 Å². The van der Waals surface area contributed by atoms with Gasteiger partial charge in [0.05, 0.1) is 16.7 Å². The van der Waals surface area contributed by atoms with Crippen molar-refractivity contribution in [1.82, 2.24) is 0 Å². The lowest BCUT2D eigenvalue weighted by Gasteiger charge is -2.25. The normalized spacial score (nSPS) is 15.1. The second-order valence-corrected chi connectivity index (χ2v) is 7.25. The molecule has 29 heavy (non-hydrogen) atoms. The molecule has 0 amide bonds. The minimum absolute atomic E-state index is 0.00146. The highest BCUT2D eigenvalue weighted by molar-refractivity contribution is 5.76. The summed E-state index contributed by atoms with van der Waals surface area (Å²) in [4.78, 5) is 13.8. The van der Waals surface area contributed by atoms with Gasteiger partial charge < -0.3 is 4.90 Å². The second kappa shape index (κ2) is 8.15. The van der Waals surface area contributed by atoms with Gasteiger partial charge in [0.25, 0.3) is 0 Å². The summed E-state index contributed by atoms with van der Waals surface area (Å²) in [6, 6.07) is 26.6. The summed E-state index contributed by atoms with van der Waals surface area (Å²) >= 11 is 0. The lowest BCUT2D eigenvalue weighted by atomic mass is 9.89. The molecule has 1 aliphatic heterocycles. The monoisotopic (exact) mass is 381 g/mol. The molecule has 0 radical (unpaired) electrons. The van der Waals surface area contributed by atoms with E-state index in [1.807, 2.05) is 68.7 Å². The maximum Gasteiger partial charge on any atom is 0.0757 e. The van der Waals surface area contributed by atoms with Gasteiger partial charge in [0.2, 0.25) is 0 Å². The van der Waals surface area contributed by atoms with Crippen LogP contribution in [0.25, 0.3) is 6.08 Å². The number of para-hydroxylation sites is 1. The molecule has 0 N–H and O–H groups in total. The number of allylic oxidation sites excluding steroid dienone is 2. The summed E-state index contributed by atoms with van der Waals surface area (Å²) in [5, 5.41) is 4.78. The Morgan fingerprint density at radius 3 is 2.17 bits per heavy atom. The third-order valence-corrected chi connectivity index (χ3v) is 5.19. The third kappa shape index (κ3) is 3.83. The average Bonchev–Trinajstić information content (AvgIpc) is 2.77. The van der Waals surface area contributed by atoms with Gasteiger partial charge in [-0.1, -0.05) is 66.7 Å². The molecule has 0 fully saturated rings. The van der Waals surface area contributed by atoms with Gasteiger partial charge in [-0.25, -0.2) is 0 Å². The molecule has 0 aromatic heterocycles. The lowest BCUT2D eigenvalue weighted by Crippen LogP contribution is -2.18. The van der Waals surface area contributed by atoms with Crippen LogP contribution in [-0.4, -0.2) is 14.1 Å². The minimum atomic E-state index is 0.00146. The largest absolute Gasteiger partial charge is 0.378 e. The summed E-state index contributed by atoms with van der Waals surface area (Å²) in [7, 11) is 4.06. The van der Waals surface area contributed by atoms with Crippen LogP contribution >= 0.6 is 0 Å². The predicted octanol–water partition coefficient (Wildman–Crippen LogP) is 5.98. The van der Waals surface area contributed by atoms with E-state index >= 15 is 0 Å². The molecule has 1 aliphatic rings. The van der Waals surface area contributed by atoms with E-state index in [2.05, 4.69) is 52.7 Å². The Labute approximate surface area is 171 Å². The van der Waals surface area contributed by atoms with Crippen molar-refractivity contribution in [3.63, 3.8) is 0 Å². The Hall–Kier alpha value is -3.66. The fourth-order valence-corrected chi connectivity index (χ4v) is 3.62. The molecule has 3 aromatic carbocycles. The van der Waals surface area contributed by atoms with Crippen LogP contribution in [0.1, 0.15) is 22.6 Å². The van der Waals surface area contributed by atoms with Gasteiger partial charge in [0.15, 0.2) is 0 Å². The Bertz CT molecular complexity index is 1050. The average molecular weight is 381 g/mol. The Kier molecular flexibility index (Phi) is 5.25. The second-order valence-electron chi connectivity index (χ2n) is 7.25. The summed E-state index contributed by atoms with van der Waals surface area (Å²) in [5.74, 6) is 0.00146.